The lowest BCUT2D eigenvalue weighted by molar-refractivity contribution is -0.376. The molecule has 0 aromatic heterocycles. The number of carbonyl (C=O) groups excluding carboxylic acids is 1. The summed E-state index contributed by atoms with van der Waals surface area (Å²) in [5, 5.41) is 15.1. The van der Waals surface area contributed by atoms with Crippen LogP contribution in [0.1, 0.15) is 28.7 Å². The average Bonchev–Trinajstić information content (AvgIpc) is 2.75. The molecule has 0 fully saturated rings. The van der Waals surface area contributed by atoms with E-state index in [1.807, 2.05) is 6.07 Å². The second-order valence-electron chi connectivity index (χ2n) is 7.51. The largest absolute Gasteiger partial charge is 0.430 e. The predicted molar refractivity (Wildman–Crippen MR) is 109 cm³/mol. The molecule has 1 heterocycles. The number of hydrogen-bond acceptors (Lipinski definition) is 3. The summed E-state index contributed by atoms with van der Waals surface area (Å²) in [4.78, 5) is 13.9. The van der Waals surface area contributed by atoms with Crippen LogP contribution in [-0.4, -0.2) is 29.6 Å². The molecule has 0 aliphatic carbocycles. The van der Waals surface area contributed by atoms with Crippen molar-refractivity contribution in [3.05, 3.63) is 70.9 Å². The molecule has 0 atom stereocenters. The summed E-state index contributed by atoms with van der Waals surface area (Å²) >= 11 is 0. The van der Waals surface area contributed by atoms with Crippen LogP contribution in [0.25, 0.3) is 5.57 Å². The molecule has 0 saturated carbocycles. The maximum Gasteiger partial charge on any atom is 0.430 e. The number of allylic oxidation sites excluding steroid dienone is 1. The highest BCUT2D eigenvalue weighted by Gasteiger charge is 2.71. The molecule has 2 aromatic carbocycles. The van der Waals surface area contributed by atoms with E-state index < -0.39 is 23.5 Å². The first-order valence-electron chi connectivity index (χ1n) is 9.69. The smallest absolute Gasteiger partial charge is 0.404 e. The molecule has 0 bridgehead atoms. The first kappa shape index (κ1) is 24.3. The van der Waals surface area contributed by atoms with Crippen molar-refractivity contribution in [1.29, 1.82) is 0 Å². The highest BCUT2D eigenvalue weighted by molar-refractivity contribution is 6.07. The molecule has 0 spiro atoms. The highest BCUT2D eigenvalue weighted by atomic mass is 19.4. The minimum absolute atomic E-state index is 0.0788. The fraction of sp³-hybridized carbons (Fsp3) is 0.273. The number of aryl methyl sites for hydroxylation is 1. The van der Waals surface area contributed by atoms with Gasteiger partial charge in [0.1, 0.15) is 0 Å². The molecule has 5 nitrogen and oxygen atoms in total. The molecule has 1 aliphatic heterocycles. The van der Waals surface area contributed by atoms with Crippen molar-refractivity contribution in [2.45, 2.75) is 37.3 Å². The SMILES string of the molecule is N/C=C(\C=[NH2+])c1ccc2c(c1)CCC(=O)N2Cc1ccc(C(O)(C(F)(F)F)C(F)(F)F)cc1. The quantitative estimate of drug-likeness (QED) is 0.462. The van der Waals surface area contributed by atoms with Crippen LogP contribution >= 0.6 is 0 Å². The molecule has 0 unspecified atom stereocenters. The minimum atomic E-state index is -5.97. The van der Waals surface area contributed by atoms with Crippen LogP contribution < -0.4 is 16.0 Å². The third-order valence-electron chi connectivity index (χ3n) is 5.50. The Hall–Kier alpha value is -3.34. The molecular weight excluding hydrogens is 452 g/mol. The van der Waals surface area contributed by atoms with Gasteiger partial charge in [-0.2, -0.15) is 26.3 Å². The van der Waals surface area contributed by atoms with Crippen molar-refractivity contribution in [3.63, 3.8) is 0 Å². The Bertz CT molecular complexity index is 1080. The number of halogens is 6. The third kappa shape index (κ3) is 4.32. The second-order valence-corrected chi connectivity index (χ2v) is 7.51. The Morgan fingerprint density at radius 1 is 1.03 bits per heavy atom. The van der Waals surface area contributed by atoms with Crippen molar-refractivity contribution in [2.75, 3.05) is 4.90 Å². The third-order valence-corrected chi connectivity index (χ3v) is 5.50. The number of benzene rings is 2. The van der Waals surface area contributed by atoms with Crippen molar-refractivity contribution in [1.82, 2.24) is 0 Å². The molecule has 176 valence electrons. The number of rotatable bonds is 5. The molecule has 3 rings (SSSR count). The van der Waals surface area contributed by atoms with E-state index in [2.05, 4.69) is 0 Å². The number of hydrogen-bond donors (Lipinski definition) is 3. The van der Waals surface area contributed by atoms with Crippen molar-refractivity contribution in [3.8, 4) is 0 Å². The summed E-state index contributed by atoms with van der Waals surface area (Å²) in [5.74, 6) is -0.249. The van der Waals surface area contributed by atoms with Gasteiger partial charge in [-0.25, -0.2) is 0 Å². The Morgan fingerprint density at radius 3 is 2.15 bits per heavy atom. The van der Waals surface area contributed by atoms with Gasteiger partial charge in [0.2, 0.25) is 5.91 Å². The van der Waals surface area contributed by atoms with Gasteiger partial charge < -0.3 is 15.7 Å². The lowest BCUT2D eigenvalue weighted by Gasteiger charge is -2.33. The number of nitrogens with zero attached hydrogens (tertiary/aromatic N) is 1. The standard InChI is InChI=1S/C22H19F6N3O2/c23-21(24,25)20(33,22(26,27)28)17-5-1-13(2-6-17)12-31-18-7-3-14(16(10-29)11-30)9-15(18)4-8-19(31)32/h1-3,5-7,9-11,29,33H,4,8,12,30H2/p+1/b16-11+,29-10?. The van der Waals surface area contributed by atoms with Gasteiger partial charge >= 0.3 is 12.4 Å². The van der Waals surface area contributed by atoms with E-state index in [9.17, 15) is 36.2 Å². The van der Waals surface area contributed by atoms with Crippen LogP contribution in [0.4, 0.5) is 32.0 Å². The summed E-state index contributed by atoms with van der Waals surface area (Å²) in [6, 6.07) is 8.34. The maximum absolute atomic E-state index is 13.1. The van der Waals surface area contributed by atoms with Crippen LogP contribution in [0.2, 0.25) is 0 Å². The Balaban J connectivity index is 1.92. The van der Waals surface area contributed by atoms with E-state index in [1.54, 1.807) is 12.1 Å². The summed E-state index contributed by atoms with van der Waals surface area (Å²) in [6.07, 6.45) is -8.65. The molecule has 5 N–H and O–H groups in total. The number of aliphatic hydroxyl groups is 1. The molecule has 11 heteroatoms. The van der Waals surface area contributed by atoms with Gasteiger partial charge in [-0.05, 0) is 35.2 Å². The molecule has 0 radical (unpaired) electrons. The Morgan fingerprint density at radius 2 is 1.64 bits per heavy atom. The molecule has 1 aliphatic rings. The summed E-state index contributed by atoms with van der Waals surface area (Å²) < 4.78 is 78.4. The Kier molecular flexibility index (Phi) is 6.29. The number of carbonyl (C=O) groups is 1. The first-order valence-corrected chi connectivity index (χ1v) is 9.69. The van der Waals surface area contributed by atoms with Gasteiger partial charge in [0.05, 0.1) is 12.1 Å². The van der Waals surface area contributed by atoms with Gasteiger partial charge in [-0.15, -0.1) is 0 Å². The van der Waals surface area contributed by atoms with E-state index in [0.717, 1.165) is 23.3 Å². The highest BCUT2D eigenvalue weighted by Crippen LogP contribution is 2.50. The number of nitrogens with two attached hydrogens (primary N) is 2. The summed E-state index contributed by atoms with van der Waals surface area (Å²) in [7, 11) is 0. The fourth-order valence-corrected chi connectivity index (χ4v) is 3.68. The van der Waals surface area contributed by atoms with Crippen LogP contribution in [-0.2, 0) is 23.4 Å². The zero-order chi connectivity index (χ0) is 24.6. The average molecular weight is 472 g/mol. The predicted octanol–water partition coefficient (Wildman–Crippen LogP) is 2.61. The van der Waals surface area contributed by atoms with Crippen LogP contribution in [0.5, 0.6) is 0 Å². The summed E-state index contributed by atoms with van der Waals surface area (Å²) in [5.41, 5.74) is 2.16. The van der Waals surface area contributed by atoms with E-state index >= 15 is 0 Å². The van der Waals surface area contributed by atoms with Gasteiger partial charge in [-0.3, -0.25) is 10.2 Å². The molecule has 0 saturated heterocycles. The Labute approximate surface area is 184 Å². The van der Waals surface area contributed by atoms with Gasteiger partial charge in [-0.1, -0.05) is 30.3 Å². The molecule has 2 aromatic rings. The zero-order valence-electron chi connectivity index (χ0n) is 17.0. The number of amides is 1. The fourth-order valence-electron chi connectivity index (χ4n) is 3.68. The van der Waals surface area contributed by atoms with Gasteiger partial charge in [0, 0.05) is 23.9 Å². The zero-order valence-corrected chi connectivity index (χ0v) is 17.0. The number of anilines is 1. The van der Waals surface area contributed by atoms with Crippen LogP contribution in [0, 0.1) is 0 Å². The van der Waals surface area contributed by atoms with Crippen molar-refractivity contribution >= 4 is 23.4 Å². The minimum Gasteiger partial charge on any atom is -0.404 e. The van der Waals surface area contributed by atoms with Crippen LogP contribution in [0.3, 0.4) is 0 Å². The van der Waals surface area contributed by atoms with E-state index in [1.165, 1.54) is 17.3 Å². The van der Waals surface area contributed by atoms with Crippen LogP contribution in [0.15, 0.2) is 48.7 Å². The second kappa shape index (κ2) is 8.54. The number of fused-ring (bicyclic) bond motifs is 1. The first-order chi connectivity index (χ1) is 15.3. The van der Waals surface area contributed by atoms with E-state index in [-0.39, 0.29) is 24.4 Å². The maximum atomic E-state index is 13.1. The molecular formula is C22H20F6N3O2+. The molecule has 33 heavy (non-hydrogen) atoms. The normalized spacial score (nSPS) is 15.4. The van der Waals surface area contributed by atoms with Gasteiger partial charge in [0.15, 0.2) is 6.21 Å². The van der Waals surface area contributed by atoms with Crippen molar-refractivity contribution < 1.29 is 41.7 Å². The monoisotopic (exact) mass is 472 g/mol. The van der Waals surface area contributed by atoms with E-state index in [4.69, 9.17) is 11.1 Å². The lowest BCUT2D eigenvalue weighted by atomic mass is 9.91. The topological polar surface area (TPSA) is 92.2 Å². The van der Waals surface area contributed by atoms with Crippen molar-refractivity contribution in [2.24, 2.45) is 5.73 Å². The summed E-state index contributed by atoms with van der Waals surface area (Å²) in [6.45, 7) is -0.0788. The van der Waals surface area contributed by atoms with E-state index in [0.29, 0.717) is 29.8 Å². The lowest BCUT2D eigenvalue weighted by Crippen LogP contribution is -2.53. The number of alkyl halides is 6. The van der Waals surface area contributed by atoms with Gasteiger partial charge in [0.25, 0.3) is 5.60 Å². The molecule has 1 amide bonds.